The lowest BCUT2D eigenvalue weighted by molar-refractivity contribution is 0.627. The summed E-state index contributed by atoms with van der Waals surface area (Å²) < 4.78 is 13.0. The second kappa shape index (κ2) is 6.02. The first-order chi connectivity index (χ1) is 7.22. The van der Waals surface area contributed by atoms with E-state index < -0.39 is 0 Å². The van der Waals surface area contributed by atoms with E-state index in [1.165, 1.54) is 12.1 Å². The van der Waals surface area contributed by atoms with Crippen molar-refractivity contribution in [3.05, 3.63) is 29.6 Å². The van der Waals surface area contributed by atoms with Gasteiger partial charge in [-0.2, -0.15) is 5.26 Å². The molecule has 2 nitrogen and oxygen atoms in total. The van der Waals surface area contributed by atoms with Crippen molar-refractivity contribution in [2.45, 2.75) is 26.2 Å². The van der Waals surface area contributed by atoms with Crippen LogP contribution in [-0.4, -0.2) is 6.54 Å². The van der Waals surface area contributed by atoms with E-state index >= 15 is 0 Å². The predicted octanol–water partition coefficient (Wildman–Crippen LogP) is 3.24. The highest BCUT2D eigenvalue weighted by molar-refractivity contribution is 5.45. The number of unbranched alkanes of at least 4 members (excludes halogenated alkanes) is 2. The third-order valence-electron chi connectivity index (χ3n) is 2.09. The first-order valence-corrected chi connectivity index (χ1v) is 5.10. The molecule has 0 aromatic heterocycles. The zero-order valence-electron chi connectivity index (χ0n) is 8.89. The van der Waals surface area contributed by atoms with Crippen molar-refractivity contribution in [2.75, 3.05) is 11.9 Å². The lowest BCUT2D eigenvalue weighted by atomic mass is 10.2. The Labute approximate surface area is 89.7 Å². The maximum absolute atomic E-state index is 13.0. The Morgan fingerprint density at radius 3 is 2.80 bits per heavy atom. The molecule has 15 heavy (non-hydrogen) atoms. The minimum atomic E-state index is -0.213. The molecule has 0 unspecified atom stereocenters. The molecule has 0 bridgehead atoms. The summed E-state index contributed by atoms with van der Waals surface area (Å²) in [4.78, 5) is 0. The summed E-state index contributed by atoms with van der Waals surface area (Å²) in [5.41, 5.74) is 1.72. The number of benzene rings is 1. The Morgan fingerprint density at radius 2 is 2.13 bits per heavy atom. The van der Waals surface area contributed by atoms with E-state index in [0.717, 1.165) is 30.6 Å². The summed E-state index contributed by atoms with van der Waals surface area (Å²) in [7, 11) is 0. The summed E-state index contributed by atoms with van der Waals surface area (Å²) in [6.45, 7) is 2.65. The van der Waals surface area contributed by atoms with Gasteiger partial charge >= 0.3 is 0 Å². The number of hydrogen-bond acceptors (Lipinski definition) is 2. The first-order valence-electron chi connectivity index (χ1n) is 5.10. The maximum Gasteiger partial charge on any atom is 0.125 e. The van der Waals surface area contributed by atoms with Gasteiger partial charge in [0.1, 0.15) is 5.82 Å². The standard InChI is InChI=1S/C12H15FN2/c1-10-7-11(13)9-12(8-10)15-6-4-2-3-5-14/h7-9,15H,2-4,6H2,1H3. The van der Waals surface area contributed by atoms with E-state index in [2.05, 4.69) is 11.4 Å². The van der Waals surface area contributed by atoms with Crippen molar-refractivity contribution in [3.8, 4) is 6.07 Å². The lowest BCUT2D eigenvalue weighted by Gasteiger charge is -2.06. The highest BCUT2D eigenvalue weighted by atomic mass is 19.1. The normalized spacial score (nSPS) is 9.67. The number of rotatable bonds is 5. The number of anilines is 1. The number of nitrogens with one attached hydrogen (secondary N) is 1. The summed E-state index contributed by atoms with van der Waals surface area (Å²) in [6.07, 6.45) is 2.41. The van der Waals surface area contributed by atoms with Crippen molar-refractivity contribution < 1.29 is 4.39 Å². The van der Waals surface area contributed by atoms with E-state index in [-0.39, 0.29) is 5.82 Å². The lowest BCUT2D eigenvalue weighted by Crippen LogP contribution is -2.01. The van der Waals surface area contributed by atoms with Crippen LogP contribution in [0, 0.1) is 24.1 Å². The van der Waals surface area contributed by atoms with Gasteiger partial charge in [0.05, 0.1) is 6.07 Å². The van der Waals surface area contributed by atoms with Gasteiger partial charge in [-0.05, 0) is 43.5 Å². The third-order valence-corrected chi connectivity index (χ3v) is 2.09. The molecule has 0 aliphatic heterocycles. The van der Waals surface area contributed by atoms with Crippen LogP contribution in [0.3, 0.4) is 0 Å². The predicted molar refractivity (Wildman–Crippen MR) is 59.1 cm³/mol. The average molecular weight is 206 g/mol. The van der Waals surface area contributed by atoms with Crippen molar-refractivity contribution in [1.29, 1.82) is 5.26 Å². The molecule has 0 radical (unpaired) electrons. The number of halogens is 1. The molecule has 1 aromatic carbocycles. The SMILES string of the molecule is Cc1cc(F)cc(NCCCCC#N)c1. The molecular formula is C12H15FN2. The fraction of sp³-hybridized carbons (Fsp3) is 0.417. The van der Waals surface area contributed by atoms with Crippen LogP contribution in [0.25, 0.3) is 0 Å². The van der Waals surface area contributed by atoms with Crippen LogP contribution < -0.4 is 5.32 Å². The van der Waals surface area contributed by atoms with E-state index in [4.69, 9.17) is 5.26 Å². The Balaban J connectivity index is 2.34. The van der Waals surface area contributed by atoms with Crippen LogP contribution in [0.15, 0.2) is 18.2 Å². The third kappa shape index (κ3) is 4.46. The number of aryl methyl sites for hydroxylation is 1. The molecular weight excluding hydrogens is 191 g/mol. The second-order valence-corrected chi connectivity index (χ2v) is 3.56. The minimum absolute atomic E-state index is 0.213. The van der Waals surface area contributed by atoms with Crippen molar-refractivity contribution in [1.82, 2.24) is 0 Å². The maximum atomic E-state index is 13.0. The van der Waals surface area contributed by atoms with Crippen molar-refractivity contribution in [2.24, 2.45) is 0 Å². The number of hydrogen-bond donors (Lipinski definition) is 1. The quantitative estimate of drug-likeness (QED) is 0.751. The van der Waals surface area contributed by atoms with Crippen LogP contribution in [-0.2, 0) is 0 Å². The van der Waals surface area contributed by atoms with Crippen LogP contribution >= 0.6 is 0 Å². The fourth-order valence-corrected chi connectivity index (χ4v) is 1.40. The van der Waals surface area contributed by atoms with Gasteiger partial charge in [-0.15, -0.1) is 0 Å². The summed E-state index contributed by atoms with van der Waals surface area (Å²) in [5.74, 6) is -0.213. The Bertz CT molecular complexity index is 335. The molecule has 0 spiro atoms. The minimum Gasteiger partial charge on any atom is -0.385 e. The molecule has 0 atom stereocenters. The summed E-state index contributed by atoms with van der Waals surface area (Å²) in [5, 5.41) is 11.5. The van der Waals surface area contributed by atoms with E-state index in [0.29, 0.717) is 6.42 Å². The molecule has 1 aromatic rings. The van der Waals surface area contributed by atoms with Gasteiger partial charge < -0.3 is 5.32 Å². The van der Waals surface area contributed by atoms with Crippen molar-refractivity contribution in [3.63, 3.8) is 0 Å². The van der Waals surface area contributed by atoms with Crippen molar-refractivity contribution >= 4 is 5.69 Å². The molecule has 3 heteroatoms. The van der Waals surface area contributed by atoms with Gasteiger partial charge in [-0.3, -0.25) is 0 Å². The zero-order chi connectivity index (χ0) is 11.1. The monoisotopic (exact) mass is 206 g/mol. The highest BCUT2D eigenvalue weighted by Gasteiger charge is 1.96. The fourth-order valence-electron chi connectivity index (χ4n) is 1.40. The van der Waals surface area contributed by atoms with E-state index in [1.807, 2.05) is 13.0 Å². The largest absolute Gasteiger partial charge is 0.385 e. The van der Waals surface area contributed by atoms with Gasteiger partial charge in [0.25, 0.3) is 0 Å². The van der Waals surface area contributed by atoms with Crippen LogP contribution in [0.2, 0.25) is 0 Å². The molecule has 0 saturated carbocycles. The highest BCUT2D eigenvalue weighted by Crippen LogP contribution is 2.13. The molecule has 0 aliphatic rings. The molecule has 0 heterocycles. The van der Waals surface area contributed by atoms with Crippen LogP contribution in [0.5, 0.6) is 0 Å². The second-order valence-electron chi connectivity index (χ2n) is 3.56. The zero-order valence-corrected chi connectivity index (χ0v) is 8.89. The summed E-state index contributed by atoms with van der Waals surface area (Å²) >= 11 is 0. The van der Waals surface area contributed by atoms with Gasteiger partial charge in [0.2, 0.25) is 0 Å². The molecule has 0 amide bonds. The first kappa shape index (κ1) is 11.5. The Morgan fingerprint density at radius 1 is 1.33 bits per heavy atom. The molecule has 0 fully saturated rings. The molecule has 1 rings (SSSR count). The average Bonchev–Trinajstić information content (AvgIpc) is 2.16. The summed E-state index contributed by atoms with van der Waals surface area (Å²) in [6, 6.07) is 6.99. The van der Waals surface area contributed by atoms with Crippen LogP contribution in [0.1, 0.15) is 24.8 Å². The van der Waals surface area contributed by atoms with Gasteiger partial charge in [-0.25, -0.2) is 4.39 Å². The van der Waals surface area contributed by atoms with E-state index in [1.54, 1.807) is 0 Å². The van der Waals surface area contributed by atoms with Crippen LogP contribution in [0.4, 0.5) is 10.1 Å². The van der Waals surface area contributed by atoms with Gasteiger partial charge in [-0.1, -0.05) is 0 Å². The Kier molecular flexibility index (Phi) is 4.62. The molecule has 1 N–H and O–H groups in total. The van der Waals surface area contributed by atoms with Gasteiger partial charge in [0, 0.05) is 18.7 Å². The Hall–Kier alpha value is -1.56. The number of nitrogens with zero attached hydrogens (tertiary/aromatic N) is 1. The van der Waals surface area contributed by atoms with Gasteiger partial charge in [0.15, 0.2) is 0 Å². The van der Waals surface area contributed by atoms with E-state index in [9.17, 15) is 4.39 Å². The number of nitriles is 1. The topological polar surface area (TPSA) is 35.8 Å². The molecule has 80 valence electrons. The molecule has 0 saturated heterocycles. The smallest absolute Gasteiger partial charge is 0.125 e. The molecule has 0 aliphatic carbocycles.